The molecule has 2 atom stereocenters. The number of carbonyl (C=O) groups is 2. The van der Waals surface area contributed by atoms with Gasteiger partial charge in [-0.1, -0.05) is 50.2 Å². The lowest BCUT2D eigenvalue weighted by Crippen LogP contribution is -2.53. The minimum absolute atomic E-state index is 0.00278. The van der Waals surface area contributed by atoms with Gasteiger partial charge in [0.25, 0.3) is 10.0 Å². The van der Waals surface area contributed by atoms with Gasteiger partial charge in [-0.05, 0) is 74.2 Å². The summed E-state index contributed by atoms with van der Waals surface area (Å²) >= 11 is 0. The van der Waals surface area contributed by atoms with E-state index in [4.69, 9.17) is 4.74 Å². The van der Waals surface area contributed by atoms with Crippen molar-refractivity contribution in [2.75, 3.05) is 18.0 Å². The third-order valence-electron chi connectivity index (χ3n) is 6.87. The van der Waals surface area contributed by atoms with E-state index in [9.17, 15) is 22.4 Å². The Labute approximate surface area is 242 Å². The number of nitrogens with one attached hydrogen (secondary N) is 1. The second kappa shape index (κ2) is 14.1. The Morgan fingerprint density at radius 3 is 2.22 bits per heavy atom. The second-order valence-corrected chi connectivity index (χ2v) is 11.8. The molecule has 3 aromatic carbocycles. The molecule has 3 rings (SSSR count). The summed E-state index contributed by atoms with van der Waals surface area (Å²) in [4.78, 5) is 28.8. The highest BCUT2D eigenvalue weighted by Gasteiger charge is 2.35. The van der Waals surface area contributed by atoms with Crippen LogP contribution < -0.4 is 14.4 Å². The lowest BCUT2D eigenvalue weighted by molar-refractivity contribution is -0.140. The van der Waals surface area contributed by atoms with Gasteiger partial charge < -0.3 is 15.0 Å². The van der Waals surface area contributed by atoms with Gasteiger partial charge in [-0.2, -0.15) is 0 Å². The maximum atomic E-state index is 14.1. The highest BCUT2D eigenvalue weighted by atomic mass is 32.2. The maximum absolute atomic E-state index is 14.1. The second-order valence-electron chi connectivity index (χ2n) is 9.89. The zero-order chi connectivity index (χ0) is 30.2. The van der Waals surface area contributed by atoms with Gasteiger partial charge >= 0.3 is 0 Å². The number of carbonyl (C=O) groups excluding carboxylic acids is 2. The molecule has 2 amide bonds. The zero-order valence-electron chi connectivity index (χ0n) is 24.1. The predicted molar refractivity (Wildman–Crippen MR) is 158 cm³/mol. The van der Waals surface area contributed by atoms with Gasteiger partial charge in [-0.15, -0.1) is 0 Å². The highest BCUT2D eigenvalue weighted by molar-refractivity contribution is 7.92. The number of ether oxygens (including phenoxy) is 1. The van der Waals surface area contributed by atoms with Crippen molar-refractivity contribution in [2.45, 2.75) is 64.1 Å². The largest absolute Gasteiger partial charge is 0.495 e. The van der Waals surface area contributed by atoms with Gasteiger partial charge in [-0.3, -0.25) is 13.9 Å². The van der Waals surface area contributed by atoms with Crippen molar-refractivity contribution in [3.63, 3.8) is 0 Å². The van der Waals surface area contributed by atoms with Crippen LogP contribution in [0.2, 0.25) is 0 Å². The number of methoxy groups -OCH3 is 1. The van der Waals surface area contributed by atoms with Crippen LogP contribution in [0.15, 0.2) is 77.7 Å². The third-order valence-corrected chi connectivity index (χ3v) is 8.64. The summed E-state index contributed by atoms with van der Waals surface area (Å²) in [5.74, 6) is -1.10. The van der Waals surface area contributed by atoms with Gasteiger partial charge in [0.2, 0.25) is 11.8 Å². The summed E-state index contributed by atoms with van der Waals surface area (Å²) in [6.07, 6.45) is 0.985. The van der Waals surface area contributed by atoms with Crippen LogP contribution in [0.25, 0.3) is 0 Å². The first-order valence-corrected chi connectivity index (χ1v) is 15.0. The van der Waals surface area contributed by atoms with Gasteiger partial charge in [0.05, 0.1) is 17.7 Å². The Morgan fingerprint density at radius 2 is 1.63 bits per heavy atom. The molecule has 0 fully saturated rings. The molecular formula is C31H38FN3O5S. The van der Waals surface area contributed by atoms with Crippen LogP contribution in [0.4, 0.5) is 10.1 Å². The van der Waals surface area contributed by atoms with Crippen molar-refractivity contribution < 1.29 is 27.1 Å². The van der Waals surface area contributed by atoms with Crippen LogP contribution in [0.1, 0.15) is 44.7 Å². The van der Waals surface area contributed by atoms with Crippen molar-refractivity contribution in [1.29, 1.82) is 0 Å². The fraction of sp³-hybridized carbons (Fsp3) is 0.355. The molecule has 10 heteroatoms. The third kappa shape index (κ3) is 7.85. The van der Waals surface area contributed by atoms with Crippen LogP contribution in [0.5, 0.6) is 5.75 Å². The molecule has 1 N–H and O–H groups in total. The van der Waals surface area contributed by atoms with Crippen molar-refractivity contribution in [3.8, 4) is 5.75 Å². The number of benzene rings is 3. The maximum Gasteiger partial charge on any atom is 0.264 e. The fourth-order valence-corrected chi connectivity index (χ4v) is 5.81. The molecule has 0 bridgehead atoms. The van der Waals surface area contributed by atoms with E-state index in [1.165, 1.54) is 48.4 Å². The number of anilines is 1. The van der Waals surface area contributed by atoms with Crippen LogP contribution in [0, 0.1) is 12.7 Å². The summed E-state index contributed by atoms with van der Waals surface area (Å²) in [7, 11) is -2.80. The van der Waals surface area contributed by atoms with E-state index in [1.807, 2.05) is 20.8 Å². The van der Waals surface area contributed by atoms with Gasteiger partial charge in [0.1, 0.15) is 24.2 Å². The average molecular weight is 584 g/mol. The molecule has 0 aliphatic heterocycles. The van der Waals surface area contributed by atoms with Crippen LogP contribution in [-0.4, -0.2) is 50.9 Å². The quantitative estimate of drug-likeness (QED) is 0.304. The van der Waals surface area contributed by atoms with E-state index in [0.717, 1.165) is 9.87 Å². The Morgan fingerprint density at radius 1 is 0.976 bits per heavy atom. The highest BCUT2D eigenvalue weighted by Crippen LogP contribution is 2.33. The van der Waals surface area contributed by atoms with Gasteiger partial charge in [0, 0.05) is 12.6 Å². The number of amides is 2. The van der Waals surface area contributed by atoms with Crippen molar-refractivity contribution in [3.05, 3.63) is 89.7 Å². The first-order chi connectivity index (χ1) is 19.5. The minimum atomic E-state index is -4.23. The number of hydrogen-bond acceptors (Lipinski definition) is 5. The summed E-state index contributed by atoms with van der Waals surface area (Å²) in [6.45, 7) is 6.80. The van der Waals surface area contributed by atoms with E-state index < -0.39 is 34.3 Å². The van der Waals surface area contributed by atoms with Crippen molar-refractivity contribution in [1.82, 2.24) is 10.2 Å². The van der Waals surface area contributed by atoms with Crippen LogP contribution in [-0.2, 0) is 26.2 Å². The Kier molecular flexibility index (Phi) is 10.9. The SMILES string of the molecule is CC[C@@H](C)NC(=O)[C@H](CC)N(Cc1ccc(F)cc1)C(=O)CN(c1cc(C)ccc1OC)S(=O)(=O)c1ccccc1. The van der Waals surface area contributed by atoms with Crippen molar-refractivity contribution >= 4 is 27.5 Å². The number of sulfonamides is 1. The molecule has 0 radical (unpaired) electrons. The summed E-state index contributed by atoms with van der Waals surface area (Å²) in [5.41, 5.74) is 1.56. The Hall–Kier alpha value is -3.92. The molecule has 8 nitrogen and oxygen atoms in total. The summed E-state index contributed by atoms with van der Waals surface area (Å²) in [6, 6.07) is 17.5. The monoisotopic (exact) mass is 583 g/mol. The minimum Gasteiger partial charge on any atom is -0.495 e. The number of halogens is 1. The molecule has 0 aliphatic carbocycles. The molecule has 0 unspecified atom stereocenters. The average Bonchev–Trinajstić information content (AvgIpc) is 2.96. The standard InChI is InChI=1S/C31H38FN3O5S/c1-6-23(4)33-31(37)27(7-2)34(20-24-14-16-25(32)17-15-24)30(36)21-35(28-19-22(3)13-18-29(28)40-5)41(38,39)26-11-9-8-10-12-26/h8-19,23,27H,6-7,20-21H2,1-5H3,(H,33,37)/t23-,27+/m1/s1. The van der Waals surface area contributed by atoms with E-state index in [1.54, 1.807) is 43.3 Å². The Balaban J connectivity index is 2.11. The number of nitrogens with zero attached hydrogens (tertiary/aromatic N) is 2. The van der Waals surface area contributed by atoms with E-state index >= 15 is 0 Å². The normalized spacial score (nSPS) is 12.7. The lowest BCUT2D eigenvalue weighted by Gasteiger charge is -2.34. The first-order valence-electron chi connectivity index (χ1n) is 13.6. The molecule has 0 saturated carbocycles. The molecule has 220 valence electrons. The van der Waals surface area contributed by atoms with Crippen LogP contribution >= 0.6 is 0 Å². The predicted octanol–water partition coefficient (Wildman–Crippen LogP) is 5.06. The zero-order valence-corrected chi connectivity index (χ0v) is 24.9. The molecular weight excluding hydrogens is 545 g/mol. The van der Waals surface area contributed by atoms with Crippen LogP contribution in [0.3, 0.4) is 0 Å². The Bertz CT molecular complexity index is 1430. The van der Waals surface area contributed by atoms with Crippen molar-refractivity contribution in [2.24, 2.45) is 0 Å². The van der Waals surface area contributed by atoms with E-state index in [2.05, 4.69) is 5.32 Å². The molecule has 3 aromatic rings. The smallest absolute Gasteiger partial charge is 0.264 e. The topological polar surface area (TPSA) is 96.0 Å². The first kappa shape index (κ1) is 31.6. The molecule has 41 heavy (non-hydrogen) atoms. The summed E-state index contributed by atoms with van der Waals surface area (Å²) in [5, 5.41) is 2.93. The molecule has 0 aromatic heterocycles. The van der Waals surface area contributed by atoms with Gasteiger partial charge in [-0.25, -0.2) is 12.8 Å². The fourth-order valence-electron chi connectivity index (χ4n) is 4.38. The summed E-state index contributed by atoms with van der Waals surface area (Å²) < 4.78 is 48.2. The van der Waals surface area contributed by atoms with E-state index in [-0.39, 0.29) is 41.2 Å². The van der Waals surface area contributed by atoms with E-state index in [0.29, 0.717) is 12.0 Å². The molecule has 0 aliphatic rings. The number of rotatable bonds is 13. The number of hydrogen-bond donors (Lipinski definition) is 1. The number of aryl methyl sites for hydroxylation is 1. The lowest BCUT2D eigenvalue weighted by atomic mass is 10.1. The molecule has 0 heterocycles. The van der Waals surface area contributed by atoms with Gasteiger partial charge in [0.15, 0.2) is 0 Å². The molecule has 0 spiro atoms. The molecule has 0 saturated heterocycles.